The summed E-state index contributed by atoms with van der Waals surface area (Å²) in [6.45, 7) is 13.4. The number of nitrogens with one attached hydrogen (secondary N) is 1. The Labute approximate surface area is 136 Å². The summed E-state index contributed by atoms with van der Waals surface area (Å²) in [5.41, 5.74) is 0.632. The Morgan fingerprint density at radius 3 is 2.09 bits per heavy atom. The largest absolute Gasteiger partial charge is 0.543 e. The van der Waals surface area contributed by atoms with Crippen LogP contribution in [-0.2, 0) is 0 Å². The molecule has 1 N–H and O–H groups in total. The molecule has 4 heteroatoms. The standard InChI is InChI=1S/C13H20O2Si.C5H11N/c1-13(2,3)16(4,5)15-12-9-7-6-8-11(12)10-14;1-2-4-6-5-3-1/h6-10H,1-5H3;6H,1-5H2. The van der Waals surface area contributed by atoms with Gasteiger partial charge in [-0.2, -0.15) is 0 Å². The lowest BCUT2D eigenvalue weighted by molar-refractivity contribution is 0.112. The number of benzene rings is 1. The maximum absolute atomic E-state index is 10.9. The topological polar surface area (TPSA) is 38.3 Å². The van der Waals surface area contributed by atoms with Crippen LogP contribution in [0.1, 0.15) is 50.4 Å². The van der Waals surface area contributed by atoms with Crippen molar-refractivity contribution < 1.29 is 9.22 Å². The van der Waals surface area contributed by atoms with Crippen LogP contribution in [0.3, 0.4) is 0 Å². The van der Waals surface area contributed by atoms with Gasteiger partial charge < -0.3 is 9.74 Å². The molecule has 0 amide bonds. The van der Waals surface area contributed by atoms with E-state index in [1.54, 1.807) is 6.07 Å². The highest BCUT2D eigenvalue weighted by Crippen LogP contribution is 2.37. The van der Waals surface area contributed by atoms with E-state index in [4.69, 9.17) is 4.43 Å². The van der Waals surface area contributed by atoms with E-state index < -0.39 is 8.32 Å². The van der Waals surface area contributed by atoms with Crippen molar-refractivity contribution in [3.8, 4) is 5.75 Å². The first kappa shape index (κ1) is 18.9. The summed E-state index contributed by atoms with van der Waals surface area (Å²) in [6.07, 6.45) is 5.06. The Balaban J connectivity index is 0.000000335. The van der Waals surface area contributed by atoms with Crippen molar-refractivity contribution in [1.82, 2.24) is 5.32 Å². The molecular formula is C18H31NO2Si. The molecule has 3 nitrogen and oxygen atoms in total. The highest BCUT2D eigenvalue weighted by molar-refractivity contribution is 6.74. The average molecular weight is 322 g/mol. The lowest BCUT2D eigenvalue weighted by atomic mass is 10.2. The number of hydrogen-bond donors (Lipinski definition) is 1. The van der Waals surface area contributed by atoms with Crippen molar-refractivity contribution in [2.45, 2.75) is 58.2 Å². The van der Waals surface area contributed by atoms with E-state index in [1.165, 1.54) is 32.4 Å². The molecule has 1 fully saturated rings. The van der Waals surface area contributed by atoms with Crippen molar-refractivity contribution in [2.24, 2.45) is 0 Å². The number of carbonyl (C=O) groups is 1. The van der Waals surface area contributed by atoms with Crippen LogP contribution in [0.25, 0.3) is 0 Å². The van der Waals surface area contributed by atoms with Crippen LogP contribution in [0.15, 0.2) is 24.3 Å². The van der Waals surface area contributed by atoms with E-state index in [-0.39, 0.29) is 5.04 Å². The van der Waals surface area contributed by atoms with Gasteiger partial charge in [-0.05, 0) is 56.2 Å². The van der Waals surface area contributed by atoms with Crippen molar-refractivity contribution in [1.29, 1.82) is 0 Å². The molecule has 0 bridgehead atoms. The third-order valence-electron chi connectivity index (χ3n) is 4.42. The van der Waals surface area contributed by atoms with Gasteiger partial charge in [-0.1, -0.05) is 39.3 Å². The molecule has 0 saturated carbocycles. The van der Waals surface area contributed by atoms with Crippen molar-refractivity contribution >= 4 is 14.6 Å². The Bertz CT molecular complexity index is 451. The number of hydrogen-bond acceptors (Lipinski definition) is 3. The zero-order valence-electron chi connectivity index (χ0n) is 14.7. The highest BCUT2D eigenvalue weighted by atomic mass is 28.4. The van der Waals surface area contributed by atoms with Gasteiger partial charge in [0.25, 0.3) is 8.32 Å². The number of para-hydroxylation sites is 1. The first-order chi connectivity index (χ1) is 10.3. The van der Waals surface area contributed by atoms with E-state index in [0.717, 1.165) is 6.29 Å². The van der Waals surface area contributed by atoms with Gasteiger partial charge in [0.1, 0.15) is 5.75 Å². The molecule has 1 aromatic carbocycles. The number of aldehydes is 1. The van der Waals surface area contributed by atoms with E-state index >= 15 is 0 Å². The second kappa shape index (κ2) is 8.49. The van der Waals surface area contributed by atoms with E-state index in [2.05, 4.69) is 39.2 Å². The third kappa shape index (κ3) is 5.93. The molecule has 2 rings (SSSR count). The summed E-state index contributed by atoms with van der Waals surface area (Å²) in [7, 11) is -1.85. The molecule has 1 saturated heterocycles. The minimum absolute atomic E-state index is 0.142. The van der Waals surface area contributed by atoms with Crippen LogP contribution in [0.4, 0.5) is 0 Å². The van der Waals surface area contributed by atoms with Gasteiger partial charge in [0.2, 0.25) is 0 Å². The zero-order chi connectivity index (χ0) is 16.6. The van der Waals surface area contributed by atoms with Gasteiger partial charge in [-0.25, -0.2) is 0 Å². The number of carbonyl (C=O) groups excluding carboxylic acids is 1. The summed E-state index contributed by atoms with van der Waals surface area (Å²) < 4.78 is 6.10. The Morgan fingerprint density at radius 2 is 1.68 bits per heavy atom. The van der Waals surface area contributed by atoms with Crippen LogP contribution in [-0.4, -0.2) is 27.7 Å². The van der Waals surface area contributed by atoms with Gasteiger partial charge in [-0.3, -0.25) is 4.79 Å². The fraction of sp³-hybridized carbons (Fsp3) is 0.611. The maximum Gasteiger partial charge on any atom is 0.250 e. The summed E-state index contributed by atoms with van der Waals surface area (Å²) in [6, 6.07) is 7.40. The first-order valence-corrected chi connectivity index (χ1v) is 11.1. The quantitative estimate of drug-likeness (QED) is 0.651. The second-order valence-electron chi connectivity index (χ2n) is 7.33. The number of rotatable bonds is 3. The molecule has 0 spiro atoms. The molecular weight excluding hydrogens is 290 g/mol. The minimum atomic E-state index is -1.85. The second-order valence-corrected chi connectivity index (χ2v) is 12.1. The fourth-order valence-electron chi connectivity index (χ4n) is 1.90. The fourth-order valence-corrected chi connectivity index (χ4v) is 2.94. The summed E-state index contributed by atoms with van der Waals surface area (Å²) >= 11 is 0. The van der Waals surface area contributed by atoms with Crippen LogP contribution >= 0.6 is 0 Å². The Kier molecular flexibility index (Phi) is 7.30. The monoisotopic (exact) mass is 321 g/mol. The van der Waals surface area contributed by atoms with Crippen LogP contribution in [0.2, 0.25) is 18.1 Å². The van der Waals surface area contributed by atoms with E-state index in [0.29, 0.717) is 11.3 Å². The molecule has 0 aromatic heterocycles. The minimum Gasteiger partial charge on any atom is -0.543 e. The highest BCUT2D eigenvalue weighted by Gasteiger charge is 2.39. The molecule has 1 aliphatic heterocycles. The summed E-state index contributed by atoms with van der Waals surface area (Å²) in [5.74, 6) is 0.712. The van der Waals surface area contributed by atoms with Gasteiger partial charge >= 0.3 is 0 Å². The molecule has 0 radical (unpaired) electrons. The summed E-state index contributed by atoms with van der Waals surface area (Å²) in [5, 5.41) is 3.43. The van der Waals surface area contributed by atoms with Gasteiger partial charge in [0, 0.05) is 0 Å². The predicted molar refractivity (Wildman–Crippen MR) is 96.4 cm³/mol. The molecule has 1 aliphatic rings. The van der Waals surface area contributed by atoms with Gasteiger partial charge in [0.05, 0.1) is 5.56 Å². The Hall–Kier alpha value is -1.13. The lowest BCUT2D eigenvalue weighted by Crippen LogP contribution is -2.44. The van der Waals surface area contributed by atoms with Crippen molar-refractivity contribution in [3.63, 3.8) is 0 Å². The molecule has 124 valence electrons. The van der Waals surface area contributed by atoms with Gasteiger partial charge in [-0.15, -0.1) is 0 Å². The molecule has 0 unspecified atom stereocenters. The summed E-state index contributed by atoms with van der Waals surface area (Å²) in [4.78, 5) is 10.9. The molecule has 1 aromatic rings. The van der Waals surface area contributed by atoms with E-state index in [1.807, 2.05) is 18.2 Å². The smallest absolute Gasteiger partial charge is 0.250 e. The number of piperidine rings is 1. The van der Waals surface area contributed by atoms with Gasteiger partial charge in [0.15, 0.2) is 6.29 Å². The van der Waals surface area contributed by atoms with Crippen molar-refractivity contribution in [2.75, 3.05) is 13.1 Å². The van der Waals surface area contributed by atoms with E-state index in [9.17, 15) is 4.79 Å². The maximum atomic E-state index is 10.9. The SMILES string of the molecule is C1CCNCC1.CC(C)(C)[Si](C)(C)Oc1ccccc1C=O. The first-order valence-electron chi connectivity index (χ1n) is 8.22. The normalized spacial score (nSPS) is 15.5. The van der Waals surface area contributed by atoms with Crippen LogP contribution < -0.4 is 9.74 Å². The van der Waals surface area contributed by atoms with Crippen molar-refractivity contribution in [3.05, 3.63) is 29.8 Å². The zero-order valence-corrected chi connectivity index (χ0v) is 15.7. The lowest BCUT2D eigenvalue weighted by Gasteiger charge is -2.36. The Morgan fingerprint density at radius 1 is 1.09 bits per heavy atom. The molecule has 1 heterocycles. The van der Waals surface area contributed by atoms with Crippen LogP contribution in [0, 0.1) is 0 Å². The molecule has 22 heavy (non-hydrogen) atoms. The predicted octanol–water partition coefficient (Wildman–Crippen LogP) is 4.64. The molecule has 0 atom stereocenters. The third-order valence-corrected chi connectivity index (χ3v) is 8.77. The van der Waals surface area contributed by atoms with Crippen LogP contribution in [0.5, 0.6) is 5.75 Å². The molecule has 0 aliphatic carbocycles. The average Bonchev–Trinajstić information content (AvgIpc) is 2.49.